The molecule has 1 fully saturated rings. The SMILES string of the molecule is CC(C)(C)c1nc2c(CC3CCNCC3)cccc2s1. The van der Waals surface area contributed by atoms with Gasteiger partial charge in [0.15, 0.2) is 0 Å². The molecule has 0 atom stereocenters. The quantitative estimate of drug-likeness (QED) is 0.898. The number of benzene rings is 1. The van der Waals surface area contributed by atoms with E-state index in [4.69, 9.17) is 4.98 Å². The Labute approximate surface area is 125 Å². The third-order valence-corrected chi connectivity index (χ3v) is 5.56. The minimum absolute atomic E-state index is 0.149. The number of thiazole rings is 1. The fourth-order valence-corrected chi connectivity index (χ4v) is 3.96. The normalized spacial score (nSPS) is 17.8. The van der Waals surface area contributed by atoms with Crippen LogP contribution in [0.5, 0.6) is 0 Å². The second kappa shape index (κ2) is 5.45. The van der Waals surface area contributed by atoms with E-state index in [9.17, 15) is 0 Å². The predicted octanol–water partition coefficient (Wildman–Crippen LogP) is 4.14. The Morgan fingerprint density at radius 1 is 1.25 bits per heavy atom. The molecule has 0 aliphatic carbocycles. The van der Waals surface area contributed by atoms with Gasteiger partial charge in [-0.15, -0.1) is 11.3 Å². The Morgan fingerprint density at radius 2 is 2.00 bits per heavy atom. The molecule has 0 unspecified atom stereocenters. The van der Waals surface area contributed by atoms with Gasteiger partial charge in [-0.05, 0) is 49.9 Å². The summed E-state index contributed by atoms with van der Waals surface area (Å²) in [7, 11) is 0. The van der Waals surface area contributed by atoms with Crippen molar-refractivity contribution in [2.45, 2.75) is 45.4 Å². The molecule has 0 radical (unpaired) electrons. The van der Waals surface area contributed by atoms with E-state index in [0.29, 0.717) is 0 Å². The molecule has 108 valence electrons. The van der Waals surface area contributed by atoms with Crippen molar-refractivity contribution < 1.29 is 0 Å². The van der Waals surface area contributed by atoms with Crippen LogP contribution in [-0.2, 0) is 11.8 Å². The highest BCUT2D eigenvalue weighted by Crippen LogP contribution is 2.33. The molecule has 0 amide bonds. The number of fused-ring (bicyclic) bond motifs is 1. The minimum atomic E-state index is 0.149. The van der Waals surface area contributed by atoms with Crippen molar-refractivity contribution >= 4 is 21.6 Å². The maximum atomic E-state index is 4.95. The first-order valence-corrected chi connectivity index (χ1v) is 8.45. The number of hydrogen-bond acceptors (Lipinski definition) is 3. The van der Waals surface area contributed by atoms with E-state index in [2.05, 4.69) is 44.3 Å². The average molecular weight is 288 g/mol. The van der Waals surface area contributed by atoms with Crippen LogP contribution < -0.4 is 5.32 Å². The summed E-state index contributed by atoms with van der Waals surface area (Å²) in [6, 6.07) is 6.69. The van der Waals surface area contributed by atoms with Gasteiger partial charge < -0.3 is 5.32 Å². The molecule has 0 spiro atoms. The first-order valence-electron chi connectivity index (χ1n) is 7.63. The van der Waals surface area contributed by atoms with Gasteiger partial charge in [0.2, 0.25) is 0 Å². The van der Waals surface area contributed by atoms with E-state index in [-0.39, 0.29) is 5.41 Å². The standard InChI is InChI=1S/C17H24N2S/c1-17(2,3)16-19-15-13(5-4-6-14(15)20-16)11-12-7-9-18-10-8-12/h4-6,12,18H,7-11H2,1-3H3. The summed E-state index contributed by atoms with van der Waals surface area (Å²) in [6.45, 7) is 9.08. The van der Waals surface area contributed by atoms with E-state index in [1.807, 2.05) is 11.3 Å². The topological polar surface area (TPSA) is 24.9 Å². The zero-order valence-electron chi connectivity index (χ0n) is 12.7. The summed E-state index contributed by atoms with van der Waals surface area (Å²) < 4.78 is 1.35. The van der Waals surface area contributed by atoms with Gasteiger partial charge in [0.05, 0.1) is 15.2 Å². The van der Waals surface area contributed by atoms with Crippen LogP contribution in [0.1, 0.15) is 44.2 Å². The van der Waals surface area contributed by atoms with E-state index in [1.165, 1.54) is 53.1 Å². The Balaban J connectivity index is 1.92. The molecule has 0 bridgehead atoms. The lowest BCUT2D eigenvalue weighted by Crippen LogP contribution is -2.28. The van der Waals surface area contributed by atoms with Crippen LogP contribution in [0.3, 0.4) is 0 Å². The maximum absolute atomic E-state index is 4.95. The lowest BCUT2D eigenvalue weighted by molar-refractivity contribution is 0.373. The number of rotatable bonds is 2. The molecule has 1 aromatic carbocycles. The summed E-state index contributed by atoms with van der Waals surface area (Å²) in [5.41, 5.74) is 2.84. The van der Waals surface area contributed by atoms with Crippen LogP contribution in [-0.4, -0.2) is 18.1 Å². The summed E-state index contributed by atoms with van der Waals surface area (Å²) >= 11 is 1.86. The van der Waals surface area contributed by atoms with Crippen molar-refractivity contribution in [2.75, 3.05) is 13.1 Å². The zero-order valence-corrected chi connectivity index (χ0v) is 13.5. The van der Waals surface area contributed by atoms with Gasteiger partial charge in [0.1, 0.15) is 0 Å². The molecule has 20 heavy (non-hydrogen) atoms. The van der Waals surface area contributed by atoms with Crippen molar-refractivity contribution in [3.8, 4) is 0 Å². The van der Waals surface area contributed by atoms with Crippen LogP contribution in [0.15, 0.2) is 18.2 Å². The minimum Gasteiger partial charge on any atom is -0.317 e. The third-order valence-electron chi connectivity index (χ3n) is 4.11. The Hall–Kier alpha value is -0.930. The molecule has 1 N–H and O–H groups in total. The molecule has 3 heteroatoms. The smallest absolute Gasteiger partial charge is 0.0992 e. The molecule has 1 aliphatic rings. The molecule has 3 rings (SSSR count). The number of piperidine rings is 1. The Bertz CT molecular complexity index is 589. The summed E-state index contributed by atoms with van der Waals surface area (Å²) in [4.78, 5) is 4.95. The summed E-state index contributed by atoms with van der Waals surface area (Å²) in [5, 5.41) is 4.70. The molecule has 2 aromatic rings. The second-order valence-corrected chi connectivity index (χ2v) is 7.96. The van der Waals surface area contributed by atoms with Crippen LogP contribution >= 0.6 is 11.3 Å². The van der Waals surface area contributed by atoms with E-state index >= 15 is 0 Å². The zero-order chi connectivity index (χ0) is 14.2. The third kappa shape index (κ3) is 2.89. The monoisotopic (exact) mass is 288 g/mol. The largest absolute Gasteiger partial charge is 0.317 e. The number of nitrogens with one attached hydrogen (secondary N) is 1. The van der Waals surface area contributed by atoms with Crippen LogP contribution in [0.25, 0.3) is 10.2 Å². The number of nitrogens with zero attached hydrogens (tertiary/aromatic N) is 1. The molecule has 1 aromatic heterocycles. The number of para-hydroxylation sites is 1. The molecule has 2 nitrogen and oxygen atoms in total. The number of aromatic nitrogens is 1. The number of hydrogen-bond donors (Lipinski definition) is 1. The fraction of sp³-hybridized carbons (Fsp3) is 0.588. The van der Waals surface area contributed by atoms with Gasteiger partial charge in [-0.25, -0.2) is 4.98 Å². The lowest BCUT2D eigenvalue weighted by Gasteiger charge is -2.22. The Morgan fingerprint density at radius 3 is 2.70 bits per heavy atom. The van der Waals surface area contributed by atoms with Crippen molar-refractivity contribution in [1.29, 1.82) is 0 Å². The summed E-state index contributed by atoms with van der Waals surface area (Å²) in [5.74, 6) is 0.821. The van der Waals surface area contributed by atoms with Gasteiger partial charge in [0.25, 0.3) is 0 Å². The van der Waals surface area contributed by atoms with Crippen molar-refractivity contribution in [3.63, 3.8) is 0 Å². The first-order chi connectivity index (χ1) is 9.54. The highest BCUT2D eigenvalue weighted by Gasteiger charge is 2.21. The molecule has 1 saturated heterocycles. The second-order valence-electron chi connectivity index (χ2n) is 6.93. The molecule has 2 heterocycles. The van der Waals surface area contributed by atoms with Gasteiger partial charge in [-0.3, -0.25) is 0 Å². The van der Waals surface area contributed by atoms with Gasteiger partial charge in [-0.2, -0.15) is 0 Å². The highest BCUT2D eigenvalue weighted by molar-refractivity contribution is 7.18. The van der Waals surface area contributed by atoms with Crippen molar-refractivity contribution in [1.82, 2.24) is 10.3 Å². The maximum Gasteiger partial charge on any atom is 0.0992 e. The Kier molecular flexibility index (Phi) is 3.83. The van der Waals surface area contributed by atoms with E-state index < -0.39 is 0 Å². The molecule has 1 aliphatic heterocycles. The van der Waals surface area contributed by atoms with Crippen LogP contribution in [0.4, 0.5) is 0 Å². The molecule has 0 saturated carbocycles. The van der Waals surface area contributed by atoms with E-state index in [0.717, 1.165) is 5.92 Å². The van der Waals surface area contributed by atoms with Gasteiger partial charge in [-0.1, -0.05) is 32.9 Å². The molecular weight excluding hydrogens is 264 g/mol. The van der Waals surface area contributed by atoms with Crippen LogP contribution in [0.2, 0.25) is 0 Å². The van der Waals surface area contributed by atoms with Gasteiger partial charge >= 0.3 is 0 Å². The average Bonchev–Trinajstić information content (AvgIpc) is 2.85. The van der Waals surface area contributed by atoms with Crippen LogP contribution in [0, 0.1) is 5.92 Å². The van der Waals surface area contributed by atoms with Crippen molar-refractivity contribution in [3.05, 3.63) is 28.8 Å². The molecular formula is C17H24N2S. The highest BCUT2D eigenvalue weighted by atomic mass is 32.1. The summed E-state index contributed by atoms with van der Waals surface area (Å²) in [6.07, 6.45) is 3.78. The lowest BCUT2D eigenvalue weighted by atomic mass is 9.90. The van der Waals surface area contributed by atoms with Crippen molar-refractivity contribution in [2.24, 2.45) is 5.92 Å². The predicted molar refractivity (Wildman–Crippen MR) is 87.6 cm³/mol. The van der Waals surface area contributed by atoms with Gasteiger partial charge in [0, 0.05) is 5.41 Å². The first kappa shape index (κ1) is 14.0. The fourth-order valence-electron chi connectivity index (χ4n) is 2.89. The van der Waals surface area contributed by atoms with E-state index in [1.54, 1.807) is 0 Å².